The molecule has 1 aromatic heterocycles. The minimum atomic E-state index is 0.0967. The summed E-state index contributed by atoms with van der Waals surface area (Å²) in [5.41, 5.74) is 6.35. The summed E-state index contributed by atoms with van der Waals surface area (Å²) in [6.07, 6.45) is 4.84. The zero-order valence-electron chi connectivity index (χ0n) is 14.5. The highest BCUT2D eigenvalue weighted by atomic mass is 16.5. The summed E-state index contributed by atoms with van der Waals surface area (Å²) in [6.45, 7) is 0.650. The fraction of sp³-hybridized carbons (Fsp3) is 0.238. The Bertz CT molecular complexity index is 903. The highest BCUT2D eigenvalue weighted by molar-refractivity contribution is 5.92. The van der Waals surface area contributed by atoms with E-state index < -0.39 is 0 Å². The van der Waals surface area contributed by atoms with Gasteiger partial charge >= 0.3 is 0 Å². The zero-order valence-corrected chi connectivity index (χ0v) is 14.5. The van der Waals surface area contributed by atoms with Crippen LogP contribution in [0.1, 0.15) is 35.2 Å². The van der Waals surface area contributed by atoms with Crippen LogP contribution in [0.3, 0.4) is 0 Å². The van der Waals surface area contributed by atoms with E-state index in [1.165, 1.54) is 11.1 Å². The van der Waals surface area contributed by atoms with Gasteiger partial charge in [0.15, 0.2) is 0 Å². The molecule has 5 heteroatoms. The number of aryl methyl sites for hydroxylation is 1. The van der Waals surface area contributed by atoms with Gasteiger partial charge in [-0.25, -0.2) is 0 Å². The van der Waals surface area contributed by atoms with Crippen LogP contribution in [0.4, 0.5) is 11.4 Å². The molecule has 0 atom stereocenters. The van der Waals surface area contributed by atoms with Gasteiger partial charge in [-0.3, -0.25) is 4.79 Å². The van der Waals surface area contributed by atoms with Crippen LogP contribution in [0.25, 0.3) is 0 Å². The number of amides is 1. The molecule has 0 aliphatic carbocycles. The average Bonchev–Trinajstić information content (AvgIpc) is 3.00. The molecular weight excluding hydrogens is 326 g/mol. The van der Waals surface area contributed by atoms with Gasteiger partial charge in [0.05, 0.1) is 5.69 Å². The number of carbonyl (C=O) groups excluding carboxylic acids is 1. The minimum Gasteiger partial charge on any atom is -0.381 e. The van der Waals surface area contributed by atoms with Crippen LogP contribution in [-0.4, -0.2) is 11.1 Å². The molecule has 0 bridgehead atoms. The first-order chi connectivity index (χ1) is 12.8. The molecule has 1 amide bonds. The SMILES string of the molecule is O=C1CCCc2cc(NCc3conc3Cc3ccccc3)ccc2N1. The Morgan fingerprint density at radius 2 is 2.00 bits per heavy atom. The van der Waals surface area contributed by atoms with Crippen molar-refractivity contribution in [3.05, 3.63) is 77.2 Å². The lowest BCUT2D eigenvalue weighted by Crippen LogP contribution is -2.09. The maximum atomic E-state index is 11.7. The second-order valence-corrected chi connectivity index (χ2v) is 6.58. The van der Waals surface area contributed by atoms with Crippen LogP contribution in [0.2, 0.25) is 0 Å². The normalized spacial score (nSPS) is 13.6. The van der Waals surface area contributed by atoms with Crippen molar-refractivity contribution in [3.63, 3.8) is 0 Å². The Hall–Kier alpha value is -3.08. The molecule has 26 heavy (non-hydrogen) atoms. The van der Waals surface area contributed by atoms with Gasteiger partial charge in [0.2, 0.25) is 5.91 Å². The quantitative estimate of drug-likeness (QED) is 0.727. The minimum absolute atomic E-state index is 0.0967. The summed E-state index contributed by atoms with van der Waals surface area (Å²) in [7, 11) is 0. The van der Waals surface area contributed by atoms with Gasteiger partial charge in [-0.05, 0) is 42.2 Å². The van der Waals surface area contributed by atoms with E-state index in [1.807, 2.05) is 30.3 Å². The highest BCUT2D eigenvalue weighted by Crippen LogP contribution is 2.26. The molecule has 3 aromatic rings. The molecule has 5 nitrogen and oxygen atoms in total. The number of benzene rings is 2. The summed E-state index contributed by atoms with van der Waals surface area (Å²) in [6, 6.07) is 16.3. The number of hydrogen-bond donors (Lipinski definition) is 2. The number of aromatic nitrogens is 1. The number of rotatable bonds is 5. The molecular formula is C21H21N3O2. The Morgan fingerprint density at radius 3 is 2.88 bits per heavy atom. The molecule has 2 heterocycles. The molecule has 4 rings (SSSR count). The smallest absolute Gasteiger partial charge is 0.224 e. The Balaban J connectivity index is 1.44. The van der Waals surface area contributed by atoms with Gasteiger partial charge in [-0.15, -0.1) is 0 Å². The van der Waals surface area contributed by atoms with Crippen LogP contribution >= 0.6 is 0 Å². The van der Waals surface area contributed by atoms with Gasteiger partial charge in [0.25, 0.3) is 0 Å². The third-order valence-corrected chi connectivity index (χ3v) is 4.66. The van der Waals surface area contributed by atoms with Crippen LogP contribution in [-0.2, 0) is 24.2 Å². The Labute approximate surface area is 152 Å². The number of nitrogens with one attached hydrogen (secondary N) is 2. The predicted molar refractivity (Wildman–Crippen MR) is 101 cm³/mol. The molecule has 0 spiro atoms. The van der Waals surface area contributed by atoms with Gasteiger partial charge in [0, 0.05) is 36.3 Å². The number of carbonyl (C=O) groups is 1. The third-order valence-electron chi connectivity index (χ3n) is 4.66. The van der Waals surface area contributed by atoms with Crippen molar-refractivity contribution in [1.82, 2.24) is 5.16 Å². The zero-order chi connectivity index (χ0) is 17.8. The molecule has 0 unspecified atom stereocenters. The topological polar surface area (TPSA) is 67.2 Å². The van der Waals surface area contributed by atoms with E-state index in [2.05, 4.69) is 34.0 Å². The van der Waals surface area contributed by atoms with E-state index in [0.29, 0.717) is 13.0 Å². The lowest BCUT2D eigenvalue weighted by Gasteiger charge is -2.11. The first-order valence-corrected chi connectivity index (χ1v) is 8.90. The summed E-state index contributed by atoms with van der Waals surface area (Å²) in [5, 5.41) is 10.6. The van der Waals surface area contributed by atoms with Crippen molar-refractivity contribution in [3.8, 4) is 0 Å². The number of anilines is 2. The number of hydrogen-bond acceptors (Lipinski definition) is 4. The van der Waals surface area contributed by atoms with Crippen molar-refractivity contribution >= 4 is 17.3 Å². The summed E-state index contributed by atoms with van der Waals surface area (Å²) >= 11 is 0. The summed E-state index contributed by atoms with van der Waals surface area (Å²) < 4.78 is 5.19. The van der Waals surface area contributed by atoms with Crippen molar-refractivity contribution in [2.75, 3.05) is 10.6 Å². The first-order valence-electron chi connectivity index (χ1n) is 8.90. The monoisotopic (exact) mass is 347 g/mol. The van der Waals surface area contributed by atoms with E-state index in [0.717, 1.165) is 41.9 Å². The van der Waals surface area contributed by atoms with E-state index >= 15 is 0 Å². The molecule has 0 fully saturated rings. The van der Waals surface area contributed by atoms with Crippen LogP contribution in [0.15, 0.2) is 59.3 Å². The molecule has 2 aromatic carbocycles. The van der Waals surface area contributed by atoms with Crippen LogP contribution in [0.5, 0.6) is 0 Å². The van der Waals surface area contributed by atoms with Gasteiger partial charge in [-0.1, -0.05) is 35.5 Å². The maximum absolute atomic E-state index is 11.7. The van der Waals surface area contributed by atoms with Gasteiger partial charge in [0.1, 0.15) is 6.26 Å². The fourth-order valence-electron chi connectivity index (χ4n) is 3.24. The van der Waals surface area contributed by atoms with Crippen molar-refractivity contribution in [2.24, 2.45) is 0 Å². The molecule has 1 aliphatic heterocycles. The van der Waals surface area contributed by atoms with Crippen LogP contribution in [0, 0.1) is 0 Å². The molecule has 0 radical (unpaired) electrons. The number of fused-ring (bicyclic) bond motifs is 1. The standard InChI is InChI=1S/C21H21N3O2/c25-21-8-4-7-16-12-18(9-10-19(16)23-21)22-13-17-14-26-24-20(17)11-15-5-2-1-3-6-15/h1-3,5-6,9-10,12,14,22H,4,7-8,11,13H2,(H,23,25). The molecule has 1 aliphatic rings. The van der Waals surface area contributed by atoms with E-state index in [9.17, 15) is 4.79 Å². The largest absolute Gasteiger partial charge is 0.381 e. The predicted octanol–water partition coefficient (Wildman–Crippen LogP) is 4.15. The second kappa shape index (κ2) is 7.44. The Morgan fingerprint density at radius 1 is 1.12 bits per heavy atom. The van der Waals surface area contributed by atoms with Gasteiger partial charge in [-0.2, -0.15) is 0 Å². The highest BCUT2D eigenvalue weighted by Gasteiger charge is 2.13. The first kappa shape index (κ1) is 16.4. The lowest BCUT2D eigenvalue weighted by molar-refractivity contribution is -0.116. The van der Waals surface area contributed by atoms with Crippen molar-refractivity contribution in [2.45, 2.75) is 32.2 Å². The van der Waals surface area contributed by atoms with Crippen molar-refractivity contribution in [1.29, 1.82) is 0 Å². The van der Waals surface area contributed by atoms with Crippen molar-refractivity contribution < 1.29 is 9.32 Å². The average molecular weight is 347 g/mol. The molecule has 0 saturated heterocycles. The molecule has 2 N–H and O–H groups in total. The molecule has 132 valence electrons. The van der Waals surface area contributed by atoms with Crippen LogP contribution < -0.4 is 10.6 Å². The van der Waals surface area contributed by atoms with Gasteiger partial charge < -0.3 is 15.2 Å². The lowest BCUT2D eigenvalue weighted by atomic mass is 10.1. The summed E-state index contributed by atoms with van der Waals surface area (Å²) in [5.74, 6) is 0.0967. The second-order valence-electron chi connectivity index (χ2n) is 6.58. The van der Waals surface area contributed by atoms with E-state index in [-0.39, 0.29) is 5.91 Å². The van der Waals surface area contributed by atoms with E-state index in [1.54, 1.807) is 6.26 Å². The third kappa shape index (κ3) is 3.77. The Kier molecular flexibility index (Phi) is 4.69. The fourth-order valence-corrected chi connectivity index (χ4v) is 3.24. The maximum Gasteiger partial charge on any atom is 0.224 e. The van der Waals surface area contributed by atoms with E-state index in [4.69, 9.17) is 4.52 Å². The summed E-state index contributed by atoms with van der Waals surface area (Å²) in [4.78, 5) is 11.7. The molecule has 0 saturated carbocycles. The number of nitrogens with zero attached hydrogens (tertiary/aromatic N) is 1.